The fourth-order valence-corrected chi connectivity index (χ4v) is 5.55. The van der Waals surface area contributed by atoms with Crippen molar-refractivity contribution in [3.63, 3.8) is 0 Å². The fourth-order valence-electron chi connectivity index (χ4n) is 2.81. The molecule has 0 unspecified atom stereocenters. The van der Waals surface area contributed by atoms with E-state index in [0.29, 0.717) is 18.1 Å². The number of benzene rings is 3. The molecule has 0 bridgehead atoms. The van der Waals surface area contributed by atoms with Gasteiger partial charge in [0.1, 0.15) is 17.2 Å². The summed E-state index contributed by atoms with van der Waals surface area (Å²) in [6.07, 6.45) is 0. The number of halogens is 1. The average Bonchev–Trinajstić information content (AvgIpc) is 2.76. The third-order valence-corrected chi connectivity index (χ3v) is 6.87. The summed E-state index contributed by atoms with van der Waals surface area (Å²) >= 11 is -0.216. The molecule has 0 saturated carbocycles. The van der Waals surface area contributed by atoms with Gasteiger partial charge in [0.25, 0.3) is 0 Å². The van der Waals surface area contributed by atoms with Crippen LogP contribution in [0.25, 0.3) is 0 Å². The van der Waals surface area contributed by atoms with Crippen molar-refractivity contribution in [3.05, 3.63) is 85.0 Å². The van der Waals surface area contributed by atoms with Crippen molar-refractivity contribution in [2.75, 3.05) is 20.0 Å². The lowest BCUT2D eigenvalue weighted by Crippen LogP contribution is -3.61. The van der Waals surface area contributed by atoms with Crippen LogP contribution >= 0.6 is 0 Å². The zero-order valence-corrected chi connectivity index (χ0v) is 20.0. The maximum absolute atomic E-state index is 11.6. The zero-order valence-electron chi connectivity index (χ0n) is 17.9. The van der Waals surface area contributed by atoms with Gasteiger partial charge >= 0.3 is 27.2 Å². The van der Waals surface area contributed by atoms with Crippen molar-refractivity contribution in [1.82, 2.24) is 0 Å². The number of esters is 1. The largest absolute Gasteiger partial charge is 0.482 e. The van der Waals surface area contributed by atoms with Gasteiger partial charge in [0.15, 0.2) is 20.5 Å². The van der Waals surface area contributed by atoms with Crippen LogP contribution in [0.3, 0.4) is 0 Å². The summed E-state index contributed by atoms with van der Waals surface area (Å²) in [6.45, 7) is 6.24. The Balaban J connectivity index is 1.58. The molecule has 0 aromatic heterocycles. The van der Waals surface area contributed by atoms with Crippen LogP contribution in [0.2, 0.25) is 0 Å². The quantitative estimate of drug-likeness (QED) is 0.173. The van der Waals surface area contributed by atoms with Crippen LogP contribution in [0.4, 0.5) is 0 Å². The van der Waals surface area contributed by atoms with Crippen molar-refractivity contribution in [1.29, 1.82) is 0 Å². The van der Waals surface area contributed by atoms with Crippen LogP contribution in [0.1, 0.15) is 18.1 Å². The Morgan fingerprint density at radius 1 is 0.871 bits per heavy atom. The summed E-state index contributed by atoms with van der Waals surface area (Å²) in [5, 5.41) is 0. The van der Waals surface area contributed by atoms with Gasteiger partial charge in [-0.15, -0.1) is 0 Å². The number of hydrogen-bond donors (Lipinski definition) is 0. The molecule has 0 spiro atoms. The van der Waals surface area contributed by atoms with E-state index in [1.54, 1.807) is 12.1 Å². The lowest BCUT2D eigenvalue weighted by molar-refractivity contribution is -0.597. The third-order valence-electron chi connectivity index (χ3n) is 4.28. The molecule has 0 heterocycles. The van der Waals surface area contributed by atoms with E-state index < -0.39 is 5.97 Å². The summed E-state index contributed by atoms with van der Waals surface area (Å²) in [7, 11) is 0. The molecule has 0 aliphatic carbocycles. The fraction of sp³-hybridized carbons (Fsp3) is 0.240. The maximum Gasteiger partial charge on any atom is 0.357 e. The first-order chi connectivity index (χ1) is 15.0. The lowest BCUT2D eigenvalue weighted by atomic mass is 10.1. The molecule has 0 amide bonds. The highest BCUT2D eigenvalue weighted by molar-refractivity contribution is 5.71. The van der Waals surface area contributed by atoms with Crippen LogP contribution in [0.15, 0.2) is 66.7 Å². The predicted molar refractivity (Wildman–Crippen MR) is 114 cm³/mol. The van der Waals surface area contributed by atoms with Gasteiger partial charge in [-0.3, -0.25) is 0 Å². The Morgan fingerprint density at radius 2 is 1.52 bits per heavy atom. The first-order valence-electron chi connectivity index (χ1n) is 10.0. The molecule has 0 radical (unpaired) electrons. The van der Waals surface area contributed by atoms with Gasteiger partial charge in [0, 0.05) is 6.61 Å². The first kappa shape index (κ1) is 23.1. The highest BCUT2D eigenvalue weighted by atomic mass is 127. The van der Waals surface area contributed by atoms with E-state index >= 15 is 0 Å². The van der Waals surface area contributed by atoms with Crippen LogP contribution in [0.5, 0.6) is 17.2 Å². The predicted octanol–water partition coefficient (Wildman–Crippen LogP) is 2.14. The molecule has 3 aromatic rings. The van der Waals surface area contributed by atoms with Gasteiger partial charge in [-0.1, -0.05) is 18.2 Å². The minimum atomic E-state index is -0.474. The van der Waals surface area contributed by atoms with Crippen molar-refractivity contribution in [2.24, 2.45) is 0 Å². The van der Waals surface area contributed by atoms with Gasteiger partial charge in [0.2, 0.25) is 0 Å². The van der Waals surface area contributed by atoms with Crippen LogP contribution in [0, 0.1) is 21.0 Å². The lowest BCUT2D eigenvalue weighted by Gasteiger charge is -2.12. The van der Waals surface area contributed by atoms with Crippen molar-refractivity contribution < 1.29 is 44.9 Å². The smallest absolute Gasteiger partial charge is 0.357 e. The molecule has 0 fully saturated rings. The van der Waals surface area contributed by atoms with E-state index in [1.165, 1.54) is 7.14 Å². The zero-order chi connectivity index (χ0) is 22.1. The van der Waals surface area contributed by atoms with Gasteiger partial charge < -0.3 is 18.9 Å². The number of rotatable bonds is 10. The molecule has 3 rings (SSSR count). The average molecular weight is 533 g/mol. The van der Waals surface area contributed by atoms with Gasteiger partial charge in [-0.05, 0) is 80.4 Å². The molecule has 162 valence electrons. The third kappa shape index (κ3) is 7.25. The molecule has 0 aliphatic rings. The van der Waals surface area contributed by atoms with E-state index in [-0.39, 0.29) is 34.6 Å². The SMILES string of the molecule is CCOCOC(=O)COc1ccc(Oc2c(C)cc([I+]c3ccccc3)cc2C)cc1. The second-order valence-corrected chi connectivity index (χ2v) is 9.78. The van der Waals surface area contributed by atoms with E-state index in [4.69, 9.17) is 18.9 Å². The molecular weight excluding hydrogens is 507 g/mol. The number of carbonyl (C=O) groups is 1. The topological polar surface area (TPSA) is 54.0 Å². The van der Waals surface area contributed by atoms with Gasteiger partial charge in [-0.25, -0.2) is 4.79 Å². The Hall–Kier alpha value is -2.58. The first-order valence-corrected chi connectivity index (χ1v) is 12.2. The summed E-state index contributed by atoms with van der Waals surface area (Å²) in [4.78, 5) is 11.6. The number of hydrogen-bond acceptors (Lipinski definition) is 5. The molecule has 5 nitrogen and oxygen atoms in total. The Morgan fingerprint density at radius 3 is 2.16 bits per heavy atom. The summed E-state index contributed by atoms with van der Waals surface area (Å²) in [5.74, 6) is 1.67. The van der Waals surface area contributed by atoms with Gasteiger partial charge in [0.05, 0.1) is 0 Å². The van der Waals surface area contributed by atoms with Crippen molar-refractivity contribution >= 4 is 5.97 Å². The second-order valence-electron chi connectivity index (χ2n) is 6.75. The molecule has 0 saturated heterocycles. The van der Waals surface area contributed by atoms with Crippen LogP contribution in [-0.4, -0.2) is 26.0 Å². The molecule has 0 aliphatic heterocycles. The highest BCUT2D eigenvalue weighted by Gasteiger charge is 2.18. The second kappa shape index (κ2) is 11.7. The number of carbonyl (C=O) groups excluding carboxylic acids is 1. The molecular formula is C25H26IO5+. The molecule has 31 heavy (non-hydrogen) atoms. The summed E-state index contributed by atoms with van der Waals surface area (Å²) in [5.41, 5.74) is 2.23. The van der Waals surface area contributed by atoms with Crippen LogP contribution < -0.4 is 30.7 Å². The van der Waals surface area contributed by atoms with Gasteiger partial charge in [-0.2, -0.15) is 0 Å². The summed E-state index contributed by atoms with van der Waals surface area (Å²) < 4.78 is 24.2. The number of ether oxygens (including phenoxy) is 4. The molecule has 0 atom stereocenters. The minimum absolute atomic E-state index is 0.0592. The normalized spacial score (nSPS) is 10.5. The van der Waals surface area contributed by atoms with E-state index in [1.807, 2.05) is 25.1 Å². The molecule has 3 aromatic carbocycles. The monoisotopic (exact) mass is 533 g/mol. The molecule has 6 heteroatoms. The van der Waals surface area contributed by atoms with E-state index in [9.17, 15) is 4.79 Å². The van der Waals surface area contributed by atoms with E-state index in [2.05, 4.69) is 50.2 Å². The van der Waals surface area contributed by atoms with Crippen LogP contribution in [-0.2, 0) is 14.3 Å². The maximum atomic E-state index is 11.6. The number of aryl methyl sites for hydroxylation is 2. The van der Waals surface area contributed by atoms with Crippen molar-refractivity contribution in [2.45, 2.75) is 20.8 Å². The Bertz CT molecular complexity index is 964. The summed E-state index contributed by atoms with van der Waals surface area (Å²) in [6, 6.07) is 22.2. The minimum Gasteiger partial charge on any atom is -0.482 e. The molecule has 0 N–H and O–H groups in total. The standard InChI is InChI=1S/C25H26IO5/c1-4-28-17-30-24(27)16-29-22-10-12-23(13-11-22)31-25-18(2)14-21(15-19(25)3)26-20-8-6-5-7-9-20/h5-15H,4,16-17H2,1-3H3/q+1. The van der Waals surface area contributed by atoms with E-state index in [0.717, 1.165) is 16.9 Å². The Labute approximate surface area is 193 Å². The van der Waals surface area contributed by atoms with Crippen molar-refractivity contribution in [3.8, 4) is 17.2 Å². The highest BCUT2D eigenvalue weighted by Crippen LogP contribution is 2.29. The Kier molecular flexibility index (Phi) is 8.73.